The van der Waals surface area contributed by atoms with Gasteiger partial charge in [0.1, 0.15) is 0 Å². The van der Waals surface area contributed by atoms with Gasteiger partial charge in [-0.15, -0.1) is 0 Å². The molecule has 2 aliphatic carbocycles. The standard InChI is InChI=1S/C30H42N2O5/c1-36-25-18-23-12-16-32(28(34)24(23)19-26(25)37-2)21-30(35)15-17-31(20-29(30)13-6-7-14-29)27(33)11-10-22-8-4-3-5-9-22/h12,16,18-19,22,35H,3-11,13-15,17,20-21H2,1-2H3. The van der Waals surface area contributed by atoms with Gasteiger partial charge in [-0.25, -0.2) is 0 Å². The summed E-state index contributed by atoms with van der Waals surface area (Å²) in [7, 11) is 3.14. The van der Waals surface area contributed by atoms with Crippen molar-refractivity contribution in [2.75, 3.05) is 27.3 Å². The number of piperidine rings is 1. The lowest BCUT2D eigenvalue weighted by atomic mass is 9.65. The van der Waals surface area contributed by atoms with Gasteiger partial charge in [-0.3, -0.25) is 9.59 Å². The highest BCUT2D eigenvalue weighted by molar-refractivity contribution is 5.85. The Morgan fingerprint density at radius 2 is 1.73 bits per heavy atom. The van der Waals surface area contributed by atoms with Crippen LogP contribution in [-0.4, -0.2) is 53.4 Å². The Morgan fingerprint density at radius 3 is 2.43 bits per heavy atom. The number of methoxy groups -OCH3 is 2. The maximum atomic E-state index is 13.5. The molecule has 7 heteroatoms. The Kier molecular flexibility index (Phi) is 7.53. The van der Waals surface area contributed by atoms with Crippen LogP contribution >= 0.6 is 0 Å². The second kappa shape index (κ2) is 10.7. The summed E-state index contributed by atoms with van der Waals surface area (Å²) in [6.07, 6.45) is 14.2. The molecule has 0 bridgehead atoms. The van der Waals surface area contributed by atoms with Gasteiger partial charge in [0, 0.05) is 31.1 Å². The number of carbonyl (C=O) groups excluding carboxylic acids is 1. The summed E-state index contributed by atoms with van der Waals surface area (Å²) in [4.78, 5) is 28.8. The minimum absolute atomic E-state index is 0.147. The third-order valence-corrected chi connectivity index (χ3v) is 9.59. The van der Waals surface area contributed by atoms with E-state index in [1.807, 2.05) is 17.0 Å². The number of benzene rings is 1. The second-order valence-corrected chi connectivity index (χ2v) is 11.7. The molecule has 1 aromatic carbocycles. The van der Waals surface area contributed by atoms with Crippen molar-refractivity contribution in [1.82, 2.24) is 9.47 Å². The van der Waals surface area contributed by atoms with Crippen LogP contribution in [0.1, 0.15) is 77.0 Å². The van der Waals surface area contributed by atoms with Crippen LogP contribution in [0, 0.1) is 11.3 Å². The molecule has 3 aliphatic rings. The third-order valence-electron chi connectivity index (χ3n) is 9.59. The number of likely N-dealkylation sites (tertiary alicyclic amines) is 1. The molecule has 1 saturated heterocycles. The van der Waals surface area contributed by atoms with E-state index < -0.39 is 5.60 Å². The maximum Gasteiger partial charge on any atom is 0.258 e. The number of ether oxygens (including phenoxy) is 2. The molecule has 5 rings (SSSR count). The Morgan fingerprint density at radius 1 is 1.03 bits per heavy atom. The molecule has 2 saturated carbocycles. The van der Waals surface area contributed by atoms with Gasteiger partial charge in [0.15, 0.2) is 11.5 Å². The van der Waals surface area contributed by atoms with Crippen LogP contribution in [-0.2, 0) is 11.3 Å². The fraction of sp³-hybridized carbons (Fsp3) is 0.667. The van der Waals surface area contributed by atoms with Crippen molar-refractivity contribution >= 4 is 16.7 Å². The summed E-state index contributed by atoms with van der Waals surface area (Å²) in [5, 5.41) is 13.5. The Labute approximate surface area is 219 Å². The van der Waals surface area contributed by atoms with Crippen LogP contribution in [0.4, 0.5) is 0 Å². The lowest BCUT2D eigenvalue weighted by molar-refractivity contribution is -0.160. The molecule has 3 fully saturated rings. The van der Waals surface area contributed by atoms with Gasteiger partial charge in [0.2, 0.25) is 5.91 Å². The zero-order valence-electron chi connectivity index (χ0n) is 22.5. The van der Waals surface area contributed by atoms with Crippen molar-refractivity contribution in [3.05, 3.63) is 34.7 Å². The van der Waals surface area contributed by atoms with E-state index in [-0.39, 0.29) is 23.4 Å². The highest BCUT2D eigenvalue weighted by Crippen LogP contribution is 2.51. The third kappa shape index (κ3) is 4.99. The summed E-state index contributed by atoms with van der Waals surface area (Å²) in [5.74, 6) is 2.02. The molecule has 202 valence electrons. The summed E-state index contributed by atoms with van der Waals surface area (Å²) in [5.41, 5.74) is -1.54. The largest absolute Gasteiger partial charge is 0.493 e. The highest BCUT2D eigenvalue weighted by Gasteiger charge is 2.55. The first-order valence-corrected chi connectivity index (χ1v) is 14.1. The topological polar surface area (TPSA) is 81.0 Å². The van der Waals surface area contributed by atoms with Crippen molar-refractivity contribution in [2.24, 2.45) is 11.3 Å². The molecular formula is C30H42N2O5. The van der Waals surface area contributed by atoms with Crippen LogP contribution in [0.3, 0.4) is 0 Å². The first-order valence-electron chi connectivity index (χ1n) is 14.1. The van der Waals surface area contributed by atoms with E-state index in [0.29, 0.717) is 48.7 Å². The first-order chi connectivity index (χ1) is 17.9. The van der Waals surface area contributed by atoms with Crippen LogP contribution in [0.15, 0.2) is 29.2 Å². The zero-order chi connectivity index (χ0) is 26.0. The Hall–Kier alpha value is -2.54. The molecule has 1 amide bonds. The van der Waals surface area contributed by atoms with E-state index in [1.54, 1.807) is 31.0 Å². The van der Waals surface area contributed by atoms with E-state index >= 15 is 0 Å². The average molecular weight is 511 g/mol. The minimum atomic E-state index is -1.03. The molecule has 1 N–H and O–H groups in total. The number of amides is 1. The summed E-state index contributed by atoms with van der Waals surface area (Å²) >= 11 is 0. The summed E-state index contributed by atoms with van der Waals surface area (Å²) in [6, 6.07) is 5.42. The molecule has 1 spiro atoms. The lowest BCUT2D eigenvalue weighted by Crippen LogP contribution is -2.62. The number of aromatic nitrogens is 1. The van der Waals surface area contributed by atoms with E-state index in [9.17, 15) is 14.7 Å². The highest BCUT2D eigenvalue weighted by atomic mass is 16.5. The van der Waals surface area contributed by atoms with E-state index in [2.05, 4.69) is 0 Å². The van der Waals surface area contributed by atoms with Crippen LogP contribution in [0.2, 0.25) is 0 Å². The predicted octanol–water partition coefficient (Wildman–Crippen LogP) is 4.90. The van der Waals surface area contributed by atoms with Crippen molar-refractivity contribution in [1.29, 1.82) is 0 Å². The molecule has 0 radical (unpaired) electrons. The van der Waals surface area contributed by atoms with Gasteiger partial charge >= 0.3 is 0 Å². The lowest BCUT2D eigenvalue weighted by Gasteiger charge is -2.52. The fourth-order valence-electron chi connectivity index (χ4n) is 7.29. The predicted molar refractivity (Wildman–Crippen MR) is 144 cm³/mol. The van der Waals surface area contributed by atoms with Crippen molar-refractivity contribution in [3.8, 4) is 11.5 Å². The second-order valence-electron chi connectivity index (χ2n) is 11.7. The quantitative estimate of drug-likeness (QED) is 0.573. The van der Waals surface area contributed by atoms with Crippen molar-refractivity contribution in [2.45, 2.75) is 89.2 Å². The van der Waals surface area contributed by atoms with Gasteiger partial charge in [0.25, 0.3) is 5.56 Å². The number of aliphatic hydroxyl groups is 1. The van der Waals surface area contributed by atoms with Crippen LogP contribution in [0.5, 0.6) is 11.5 Å². The summed E-state index contributed by atoms with van der Waals surface area (Å²) < 4.78 is 12.5. The molecule has 1 unspecified atom stereocenters. The van der Waals surface area contributed by atoms with Crippen LogP contribution in [0.25, 0.3) is 10.8 Å². The number of pyridine rings is 1. The van der Waals surface area contributed by atoms with Crippen molar-refractivity contribution in [3.63, 3.8) is 0 Å². The van der Waals surface area contributed by atoms with E-state index in [1.165, 1.54) is 32.1 Å². The molecule has 37 heavy (non-hydrogen) atoms. The monoisotopic (exact) mass is 510 g/mol. The minimum Gasteiger partial charge on any atom is -0.493 e. The smallest absolute Gasteiger partial charge is 0.258 e. The van der Waals surface area contributed by atoms with Gasteiger partial charge in [-0.1, -0.05) is 44.9 Å². The molecule has 2 aromatic rings. The van der Waals surface area contributed by atoms with E-state index in [0.717, 1.165) is 37.5 Å². The van der Waals surface area contributed by atoms with Gasteiger partial charge in [-0.05, 0) is 55.2 Å². The van der Waals surface area contributed by atoms with Crippen molar-refractivity contribution < 1.29 is 19.4 Å². The molecule has 1 aromatic heterocycles. The van der Waals surface area contributed by atoms with Gasteiger partial charge < -0.3 is 24.0 Å². The number of hydrogen-bond acceptors (Lipinski definition) is 5. The zero-order valence-corrected chi connectivity index (χ0v) is 22.5. The molecule has 7 nitrogen and oxygen atoms in total. The number of hydrogen-bond donors (Lipinski definition) is 1. The Bertz CT molecular complexity index is 1180. The number of carbonyl (C=O) groups is 1. The average Bonchev–Trinajstić information content (AvgIpc) is 3.40. The normalized spacial score (nSPS) is 24.0. The molecular weight excluding hydrogens is 468 g/mol. The van der Waals surface area contributed by atoms with Gasteiger partial charge in [0.05, 0.1) is 31.8 Å². The van der Waals surface area contributed by atoms with E-state index in [4.69, 9.17) is 9.47 Å². The molecule has 1 atom stereocenters. The van der Waals surface area contributed by atoms with Crippen LogP contribution < -0.4 is 15.0 Å². The SMILES string of the molecule is COc1cc2ccn(CC3(O)CCN(C(=O)CCC4CCCCC4)CC34CCCC4)c(=O)c2cc1OC. The Balaban J connectivity index is 1.35. The maximum absolute atomic E-state index is 13.5. The first kappa shape index (κ1) is 26.1. The summed E-state index contributed by atoms with van der Waals surface area (Å²) in [6.45, 7) is 1.38. The number of fused-ring (bicyclic) bond motifs is 1. The number of rotatable bonds is 7. The molecule has 2 heterocycles. The fourth-order valence-corrected chi connectivity index (χ4v) is 7.29. The molecule has 1 aliphatic heterocycles. The number of nitrogens with zero attached hydrogens (tertiary/aromatic N) is 2. The van der Waals surface area contributed by atoms with Gasteiger partial charge in [-0.2, -0.15) is 0 Å².